The van der Waals surface area contributed by atoms with Crippen LogP contribution >= 0.6 is 11.6 Å². The van der Waals surface area contributed by atoms with Crippen LogP contribution in [-0.2, 0) is 16.1 Å². The number of rotatable bonds is 8. The second kappa shape index (κ2) is 11.7. The first-order valence-corrected chi connectivity index (χ1v) is 11.0. The Kier molecular flexibility index (Phi) is 8.44. The van der Waals surface area contributed by atoms with Crippen LogP contribution in [0, 0.1) is 25.2 Å². The molecule has 34 heavy (non-hydrogen) atoms. The lowest BCUT2D eigenvalue weighted by Crippen LogP contribution is -2.24. The van der Waals surface area contributed by atoms with E-state index in [1.54, 1.807) is 18.2 Å². The van der Waals surface area contributed by atoms with Gasteiger partial charge in [0.25, 0.3) is 11.8 Å². The van der Waals surface area contributed by atoms with Gasteiger partial charge in [-0.05, 0) is 55.3 Å². The zero-order valence-corrected chi connectivity index (χ0v) is 19.6. The van der Waals surface area contributed by atoms with Crippen molar-refractivity contribution in [3.05, 3.63) is 99.6 Å². The highest BCUT2D eigenvalue weighted by Gasteiger charge is 2.13. The van der Waals surface area contributed by atoms with Crippen molar-refractivity contribution in [3.63, 3.8) is 0 Å². The Morgan fingerprint density at radius 3 is 2.53 bits per heavy atom. The molecule has 0 spiro atoms. The van der Waals surface area contributed by atoms with E-state index in [-0.39, 0.29) is 24.6 Å². The van der Waals surface area contributed by atoms with Crippen molar-refractivity contribution in [2.75, 3.05) is 11.9 Å². The van der Waals surface area contributed by atoms with Crippen LogP contribution in [0.25, 0.3) is 6.08 Å². The number of amides is 2. The fourth-order valence-electron chi connectivity index (χ4n) is 3.22. The van der Waals surface area contributed by atoms with Gasteiger partial charge in [0, 0.05) is 22.8 Å². The largest absolute Gasteiger partial charge is 0.483 e. The summed E-state index contributed by atoms with van der Waals surface area (Å²) in [5, 5.41) is 15.5. The van der Waals surface area contributed by atoms with E-state index in [9.17, 15) is 14.9 Å². The normalized spacial score (nSPS) is 10.8. The first-order valence-electron chi connectivity index (χ1n) is 10.6. The van der Waals surface area contributed by atoms with Crippen LogP contribution in [-0.4, -0.2) is 18.4 Å². The smallest absolute Gasteiger partial charge is 0.262 e. The Hall–Kier alpha value is -4.08. The third-order valence-electron chi connectivity index (χ3n) is 4.95. The van der Waals surface area contributed by atoms with Crippen molar-refractivity contribution in [1.82, 2.24) is 5.32 Å². The van der Waals surface area contributed by atoms with Crippen LogP contribution in [0.5, 0.6) is 5.75 Å². The molecular weight excluding hydrogens is 450 g/mol. The molecule has 3 aromatic rings. The number of nitrogens with zero attached hydrogens (tertiary/aromatic N) is 1. The lowest BCUT2D eigenvalue weighted by Gasteiger charge is -2.12. The molecule has 2 amide bonds. The molecule has 0 aromatic heterocycles. The van der Waals surface area contributed by atoms with Crippen molar-refractivity contribution < 1.29 is 14.3 Å². The molecule has 3 rings (SSSR count). The molecule has 6 nitrogen and oxygen atoms in total. The van der Waals surface area contributed by atoms with Crippen LogP contribution in [0.4, 0.5) is 5.69 Å². The third kappa shape index (κ3) is 6.96. The van der Waals surface area contributed by atoms with E-state index in [1.165, 1.54) is 6.08 Å². The third-order valence-corrected chi connectivity index (χ3v) is 5.18. The number of benzene rings is 3. The lowest BCUT2D eigenvalue weighted by molar-refractivity contribution is -0.118. The molecule has 0 radical (unpaired) electrons. The maximum absolute atomic E-state index is 12.5. The summed E-state index contributed by atoms with van der Waals surface area (Å²) in [6, 6.07) is 21.8. The quantitative estimate of drug-likeness (QED) is 0.347. The van der Waals surface area contributed by atoms with Crippen LogP contribution in [0.1, 0.15) is 22.3 Å². The molecule has 0 aliphatic heterocycles. The Bertz CT molecular complexity index is 1260. The monoisotopic (exact) mass is 473 g/mol. The molecule has 0 unspecified atom stereocenters. The van der Waals surface area contributed by atoms with Gasteiger partial charge in [0.1, 0.15) is 17.4 Å². The van der Waals surface area contributed by atoms with Crippen LogP contribution in [0.15, 0.2) is 72.3 Å². The van der Waals surface area contributed by atoms with Crippen LogP contribution in [0.3, 0.4) is 0 Å². The first kappa shape index (κ1) is 24.6. The molecule has 2 N–H and O–H groups in total. The molecule has 7 heteroatoms. The molecule has 0 bridgehead atoms. The van der Waals surface area contributed by atoms with Crippen molar-refractivity contribution in [1.29, 1.82) is 5.26 Å². The number of nitrogens with one attached hydrogen (secondary N) is 2. The molecule has 0 aliphatic rings. The van der Waals surface area contributed by atoms with Gasteiger partial charge in [-0.15, -0.1) is 0 Å². The minimum absolute atomic E-state index is 0.109. The highest BCUT2D eigenvalue weighted by molar-refractivity contribution is 6.30. The topological polar surface area (TPSA) is 91.2 Å². The van der Waals surface area contributed by atoms with Crippen LogP contribution in [0.2, 0.25) is 5.02 Å². The number of ether oxygens (including phenoxy) is 1. The second-order valence-corrected chi connectivity index (χ2v) is 8.11. The minimum Gasteiger partial charge on any atom is -0.483 e. The zero-order valence-electron chi connectivity index (χ0n) is 18.9. The number of hydrogen-bond donors (Lipinski definition) is 2. The van der Waals surface area contributed by atoms with Crippen molar-refractivity contribution in [2.45, 2.75) is 20.4 Å². The number of hydrogen-bond acceptors (Lipinski definition) is 4. The maximum atomic E-state index is 12.5. The van der Waals surface area contributed by atoms with Gasteiger partial charge in [-0.25, -0.2) is 0 Å². The van der Waals surface area contributed by atoms with Crippen molar-refractivity contribution in [3.8, 4) is 11.8 Å². The first-order chi connectivity index (χ1) is 16.4. The van der Waals surface area contributed by atoms with Gasteiger partial charge in [-0.2, -0.15) is 5.26 Å². The Labute approximate surface area is 203 Å². The number of aryl methyl sites for hydroxylation is 2. The highest BCUT2D eigenvalue weighted by atomic mass is 35.5. The second-order valence-electron chi connectivity index (χ2n) is 7.68. The lowest BCUT2D eigenvalue weighted by atomic mass is 10.1. The van der Waals surface area contributed by atoms with E-state index in [1.807, 2.05) is 68.4 Å². The number of carbonyl (C=O) groups is 2. The van der Waals surface area contributed by atoms with E-state index in [0.717, 1.165) is 16.7 Å². The van der Waals surface area contributed by atoms with Crippen molar-refractivity contribution in [2.24, 2.45) is 0 Å². The molecule has 0 atom stereocenters. The highest BCUT2D eigenvalue weighted by Crippen LogP contribution is 2.26. The predicted octanol–water partition coefficient (Wildman–Crippen LogP) is 5.20. The van der Waals surface area contributed by atoms with E-state index < -0.39 is 5.91 Å². The molecule has 172 valence electrons. The van der Waals surface area contributed by atoms with Gasteiger partial charge >= 0.3 is 0 Å². The number of anilines is 1. The Balaban J connectivity index is 1.70. The summed E-state index contributed by atoms with van der Waals surface area (Å²) < 4.78 is 5.69. The molecule has 0 heterocycles. The van der Waals surface area contributed by atoms with Gasteiger partial charge < -0.3 is 15.4 Å². The molecular formula is C27H24ClN3O3. The predicted molar refractivity (Wildman–Crippen MR) is 133 cm³/mol. The molecule has 0 saturated carbocycles. The van der Waals surface area contributed by atoms with Gasteiger partial charge in [0.15, 0.2) is 6.61 Å². The molecule has 3 aromatic carbocycles. The summed E-state index contributed by atoms with van der Waals surface area (Å²) >= 11 is 6.12. The molecule has 0 saturated heterocycles. The maximum Gasteiger partial charge on any atom is 0.262 e. The van der Waals surface area contributed by atoms with Crippen LogP contribution < -0.4 is 15.4 Å². The average molecular weight is 474 g/mol. The fourth-order valence-corrected chi connectivity index (χ4v) is 3.41. The Morgan fingerprint density at radius 2 is 1.82 bits per heavy atom. The van der Waals surface area contributed by atoms with Gasteiger partial charge in [-0.1, -0.05) is 59.6 Å². The van der Waals surface area contributed by atoms with E-state index in [4.69, 9.17) is 16.3 Å². The van der Waals surface area contributed by atoms with Crippen molar-refractivity contribution >= 4 is 35.2 Å². The summed E-state index contributed by atoms with van der Waals surface area (Å²) in [6.07, 6.45) is 1.39. The summed E-state index contributed by atoms with van der Waals surface area (Å²) in [5.41, 5.74) is 3.97. The molecule has 0 fully saturated rings. The van der Waals surface area contributed by atoms with Gasteiger partial charge in [-0.3, -0.25) is 9.59 Å². The molecule has 0 aliphatic carbocycles. The summed E-state index contributed by atoms with van der Waals surface area (Å²) in [6.45, 7) is 3.93. The van der Waals surface area contributed by atoms with E-state index in [2.05, 4.69) is 10.6 Å². The summed E-state index contributed by atoms with van der Waals surface area (Å²) in [7, 11) is 0. The summed E-state index contributed by atoms with van der Waals surface area (Å²) in [4.78, 5) is 24.9. The number of halogens is 1. The fraction of sp³-hybridized carbons (Fsp3) is 0.148. The number of nitriles is 1. The minimum atomic E-state index is -0.523. The van der Waals surface area contributed by atoms with E-state index in [0.29, 0.717) is 22.0 Å². The van der Waals surface area contributed by atoms with Gasteiger partial charge in [0.05, 0.1) is 0 Å². The summed E-state index contributed by atoms with van der Waals surface area (Å²) in [5.74, 6) is -0.536. The number of carbonyl (C=O) groups excluding carboxylic acids is 2. The van der Waals surface area contributed by atoms with E-state index >= 15 is 0 Å². The van der Waals surface area contributed by atoms with Gasteiger partial charge in [0.2, 0.25) is 0 Å². The zero-order chi connectivity index (χ0) is 24.5. The average Bonchev–Trinajstić information content (AvgIpc) is 2.83. The standard InChI is InChI=1S/C27H24ClN3O3/c1-18-8-10-24(19(2)12-18)31-26(32)17-34-25-11-9-23(28)14-21(25)13-22(15-29)27(33)30-16-20-6-4-3-5-7-20/h3-14H,16-17H2,1-2H3,(H,30,33)(H,31,32)/b22-13+. The Morgan fingerprint density at radius 1 is 1.06 bits per heavy atom. The SMILES string of the molecule is Cc1ccc(NC(=O)COc2ccc(Cl)cc2/C=C(\C#N)C(=O)NCc2ccccc2)c(C)c1.